The molecule has 0 bridgehead atoms. The maximum Gasteiger partial charge on any atom is 0.252 e. The van der Waals surface area contributed by atoms with E-state index in [0.717, 1.165) is 23.2 Å². The summed E-state index contributed by atoms with van der Waals surface area (Å²) in [5.74, 6) is 2.51. The van der Waals surface area contributed by atoms with Crippen molar-refractivity contribution in [2.45, 2.75) is 13.0 Å². The number of benzene rings is 2. The lowest BCUT2D eigenvalue weighted by Crippen LogP contribution is -2.30. The van der Waals surface area contributed by atoms with Crippen molar-refractivity contribution in [3.8, 4) is 23.0 Å². The molecule has 0 unspecified atom stereocenters. The van der Waals surface area contributed by atoms with Crippen molar-refractivity contribution in [1.29, 1.82) is 0 Å². The predicted molar refractivity (Wildman–Crippen MR) is 141 cm³/mol. The summed E-state index contributed by atoms with van der Waals surface area (Å²) in [6.45, 7) is 1.41. The predicted octanol–water partition coefficient (Wildman–Crippen LogP) is 4.80. The van der Waals surface area contributed by atoms with Crippen molar-refractivity contribution < 1.29 is 23.7 Å². The zero-order chi connectivity index (χ0) is 24.2. The first-order chi connectivity index (χ1) is 17.2. The maximum absolute atomic E-state index is 13.4. The second-order valence-electron chi connectivity index (χ2n) is 7.73. The molecule has 0 fully saturated rings. The number of hydrogen-bond acceptors (Lipinski definition) is 8. The van der Waals surface area contributed by atoms with Crippen molar-refractivity contribution >= 4 is 51.1 Å². The number of aryl methyl sites for hydroxylation is 1. The second-order valence-corrected chi connectivity index (χ2v) is 8.71. The third-order valence-corrected chi connectivity index (χ3v) is 6.66. The molecule has 5 rings (SSSR count). The quantitative estimate of drug-likeness (QED) is 0.288. The van der Waals surface area contributed by atoms with Gasteiger partial charge in [0.2, 0.25) is 6.79 Å². The van der Waals surface area contributed by atoms with Crippen LogP contribution in [0.4, 0.5) is 5.13 Å². The molecule has 1 aliphatic heterocycles. The Morgan fingerprint density at radius 3 is 2.75 bits per heavy atom. The van der Waals surface area contributed by atoms with Crippen LogP contribution < -0.4 is 23.8 Å². The molecule has 188 valence electrons. The first-order valence-electron chi connectivity index (χ1n) is 11.0. The highest BCUT2D eigenvalue weighted by Crippen LogP contribution is 2.40. The summed E-state index contributed by atoms with van der Waals surface area (Å²) in [5, 5.41) is 0.578. The van der Waals surface area contributed by atoms with Crippen LogP contribution >= 0.6 is 23.7 Å². The fourth-order valence-corrected chi connectivity index (χ4v) is 4.90. The molecule has 36 heavy (non-hydrogen) atoms. The number of thiazole rings is 1. The fraction of sp³-hybridized carbons (Fsp3) is 0.240. The Hall–Kier alpha value is -3.76. The van der Waals surface area contributed by atoms with Gasteiger partial charge in [0.25, 0.3) is 5.91 Å². The van der Waals surface area contributed by atoms with Crippen molar-refractivity contribution in [3.05, 3.63) is 60.7 Å². The normalized spacial score (nSPS) is 12.1. The topological polar surface area (TPSA) is 87.9 Å². The molecule has 9 nitrogen and oxygen atoms in total. The number of carbonyl (C=O) groups excluding carboxylic acids is 1. The highest BCUT2D eigenvalue weighted by Gasteiger charge is 2.21. The van der Waals surface area contributed by atoms with E-state index in [4.69, 9.17) is 23.9 Å². The Morgan fingerprint density at radius 2 is 1.97 bits per heavy atom. The van der Waals surface area contributed by atoms with Crippen LogP contribution in [-0.2, 0) is 11.3 Å². The number of hydrogen-bond donors (Lipinski definition) is 0. The number of imidazole rings is 1. The van der Waals surface area contributed by atoms with Gasteiger partial charge in [0.1, 0.15) is 21.7 Å². The zero-order valence-corrected chi connectivity index (χ0v) is 21.4. The van der Waals surface area contributed by atoms with Crippen molar-refractivity contribution in [3.63, 3.8) is 0 Å². The molecule has 2 aromatic carbocycles. The van der Waals surface area contributed by atoms with E-state index in [9.17, 15) is 4.79 Å². The van der Waals surface area contributed by atoms with Gasteiger partial charge in [-0.2, -0.15) is 0 Å². The molecular weight excluding hydrogens is 504 g/mol. The van der Waals surface area contributed by atoms with Crippen LogP contribution in [0.1, 0.15) is 12.0 Å². The molecule has 1 amide bonds. The lowest BCUT2D eigenvalue weighted by molar-refractivity contribution is -0.114. The van der Waals surface area contributed by atoms with Gasteiger partial charge in [-0.15, -0.1) is 12.4 Å². The van der Waals surface area contributed by atoms with Crippen LogP contribution in [0.5, 0.6) is 23.0 Å². The van der Waals surface area contributed by atoms with Crippen molar-refractivity contribution in [1.82, 2.24) is 14.5 Å². The number of carbonyl (C=O) groups is 1. The third kappa shape index (κ3) is 5.24. The van der Waals surface area contributed by atoms with Crippen LogP contribution in [-0.4, -0.2) is 48.0 Å². The van der Waals surface area contributed by atoms with Gasteiger partial charge in [0, 0.05) is 31.6 Å². The third-order valence-electron chi connectivity index (χ3n) is 5.57. The van der Waals surface area contributed by atoms with E-state index < -0.39 is 0 Å². The standard InChI is InChI=1S/C25H24N4O5S.ClH/c1-31-19-7-8-20(32-2)24-23(19)27-25(35-24)29(12-3-11-28-13-10-26-15-28)22(30)9-5-17-4-6-18-21(14-17)34-16-33-18;/h4-10,13-15H,3,11-12,16H2,1-2H3;1H/b9-5+;. The summed E-state index contributed by atoms with van der Waals surface area (Å²) in [4.78, 5) is 23.9. The fourth-order valence-electron chi connectivity index (χ4n) is 3.79. The molecule has 2 aromatic heterocycles. The molecule has 1 aliphatic rings. The van der Waals surface area contributed by atoms with E-state index in [0.29, 0.717) is 40.2 Å². The van der Waals surface area contributed by atoms with E-state index in [-0.39, 0.29) is 25.1 Å². The number of anilines is 1. The van der Waals surface area contributed by atoms with Crippen molar-refractivity contribution in [2.24, 2.45) is 0 Å². The van der Waals surface area contributed by atoms with E-state index in [1.165, 1.54) is 11.3 Å². The minimum atomic E-state index is -0.176. The van der Waals surface area contributed by atoms with Crippen LogP contribution in [0, 0.1) is 0 Å². The smallest absolute Gasteiger partial charge is 0.252 e. The molecule has 0 aliphatic carbocycles. The monoisotopic (exact) mass is 528 g/mol. The molecule has 3 heterocycles. The SMILES string of the molecule is COc1ccc(OC)c2sc(N(CCCn3ccnc3)C(=O)/C=C/c3ccc4c(c3)OCO4)nc12.Cl. The van der Waals surface area contributed by atoms with Gasteiger partial charge in [0.15, 0.2) is 16.6 Å². The number of ether oxygens (including phenoxy) is 4. The highest BCUT2D eigenvalue weighted by molar-refractivity contribution is 7.22. The summed E-state index contributed by atoms with van der Waals surface area (Å²) in [6, 6.07) is 9.22. The Balaban J connectivity index is 0.00000304. The average molecular weight is 529 g/mol. The van der Waals surface area contributed by atoms with Crippen LogP contribution in [0.25, 0.3) is 16.3 Å². The van der Waals surface area contributed by atoms with Crippen LogP contribution in [0.2, 0.25) is 0 Å². The first kappa shape index (κ1) is 25.3. The Labute approximate surface area is 218 Å². The Morgan fingerprint density at radius 1 is 1.17 bits per heavy atom. The Kier molecular flexibility index (Phi) is 7.97. The highest BCUT2D eigenvalue weighted by atomic mass is 35.5. The van der Waals surface area contributed by atoms with Gasteiger partial charge < -0.3 is 23.5 Å². The molecule has 11 heteroatoms. The number of rotatable bonds is 9. The number of fused-ring (bicyclic) bond motifs is 2. The number of methoxy groups -OCH3 is 2. The van der Waals surface area contributed by atoms with E-state index in [1.807, 2.05) is 41.1 Å². The van der Waals surface area contributed by atoms with E-state index in [1.54, 1.807) is 43.8 Å². The summed E-state index contributed by atoms with van der Waals surface area (Å²) in [6.07, 6.45) is 9.45. The number of amides is 1. The number of nitrogens with zero attached hydrogens (tertiary/aromatic N) is 4. The molecule has 0 saturated carbocycles. The zero-order valence-electron chi connectivity index (χ0n) is 19.7. The molecule has 0 N–H and O–H groups in total. The minimum Gasteiger partial charge on any atom is -0.495 e. The summed E-state index contributed by atoms with van der Waals surface area (Å²) in [7, 11) is 3.21. The van der Waals surface area contributed by atoms with E-state index in [2.05, 4.69) is 4.98 Å². The average Bonchev–Trinajstić information content (AvgIpc) is 3.65. The van der Waals surface area contributed by atoms with Gasteiger partial charge >= 0.3 is 0 Å². The summed E-state index contributed by atoms with van der Waals surface area (Å²) >= 11 is 1.40. The number of aromatic nitrogens is 3. The molecular formula is C25H25ClN4O5S. The van der Waals surface area contributed by atoms with Gasteiger partial charge in [-0.25, -0.2) is 9.97 Å². The van der Waals surface area contributed by atoms with Gasteiger partial charge in [0.05, 0.1) is 20.5 Å². The second kappa shape index (κ2) is 11.3. The minimum absolute atomic E-state index is 0. The van der Waals surface area contributed by atoms with E-state index >= 15 is 0 Å². The molecule has 0 radical (unpaired) electrons. The molecule has 0 spiro atoms. The maximum atomic E-state index is 13.4. The largest absolute Gasteiger partial charge is 0.495 e. The van der Waals surface area contributed by atoms with Gasteiger partial charge in [-0.05, 0) is 42.3 Å². The van der Waals surface area contributed by atoms with Crippen molar-refractivity contribution in [2.75, 3.05) is 32.5 Å². The molecule has 0 atom stereocenters. The first-order valence-corrected chi connectivity index (χ1v) is 11.8. The molecule has 4 aromatic rings. The lowest BCUT2D eigenvalue weighted by atomic mass is 10.2. The van der Waals surface area contributed by atoms with Crippen LogP contribution in [0.15, 0.2) is 55.1 Å². The van der Waals surface area contributed by atoms with Gasteiger partial charge in [-0.1, -0.05) is 17.4 Å². The summed E-state index contributed by atoms with van der Waals surface area (Å²) < 4.78 is 24.6. The summed E-state index contributed by atoms with van der Waals surface area (Å²) in [5.41, 5.74) is 1.51. The molecule has 0 saturated heterocycles. The van der Waals surface area contributed by atoms with Gasteiger partial charge in [-0.3, -0.25) is 9.69 Å². The van der Waals surface area contributed by atoms with Crippen LogP contribution in [0.3, 0.4) is 0 Å². The number of halogens is 1. The lowest BCUT2D eigenvalue weighted by Gasteiger charge is -2.18. The Bertz CT molecular complexity index is 1330.